The van der Waals surface area contributed by atoms with Crippen molar-refractivity contribution in [1.29, 1.82) is 0 Å². The van der Waals surface area contributed by atoms with Crippen LogP contribution in [0.5, 0.6) is 0 Å². The smallest absolute Gasteiger partial charge is 0.0809 e. The van der Waals surface area contributed by atoms with E-state index in [0.717, 1.165) is 18.6 Å². The largest absolute Gasteiger partial charge is 0.388 e. The van der Waals surface area contributed by atoms with Crippen LogP contribution in [-0.2, 0) is 0 Å². The Bertz CT molecular complexity index is 478. The molecule has 0 heterocycles. The van der Waals surface area contributed by atoms with Crippen molar-refractivity contribution >= 4 is 11.8 Å². The van der Waals surface area contributed by atoms with Crippen LogP contribution in [0.1, 0.15) is 65.2 Å². The molecule has 1 N–H and O–H groups in total. The van der Waals surface area contributed by atoms with Gasteiger partial charge in [0.2, 0.25) is 0 Å². The molecular formula is C21H32OS. The average molecular weight is 333 g/mol. The SMILES string of the molecule is CC(C)(CSc1ccccc1)C(O)/C1=C/CCCCCCCC1. The molecule has 1 aromatic rings. The molecule has 2 heteroatoms. The number of benzene rings is 1. The minimum absolute atomic E-state index is 0.101. The van der Waals surface area contributed by atoms with E-state index >= 15 is 0 Å². The zero-order chi connectivity index (χ0) is 16.5. The summed E-state index contributed by atoms with van der Waals surface area (Å²) in [7, 11) is 0. The number of aliphatic hydroxyl groups is 1. The van der Waals surface area contributed by atoms with E-state index in [2.05, 4.69) is 50.3 Å². The molecule has 23 heavy (non-hydrogen) atoms. The van der Waals surface area contributed by atoms with Gasteiger partial charge in [0.05, 0.1) is 6.10 Å². The van der Waals surface area contributed by atoms with E-state index in [-0.39, 0.29) is 11.5 Å². The first-order chi connectivity index (χ1) is 11.1. The molecule has 1 unspecified atom stereocenters. The highest BCUT2D eigenvalue weighted by molar-refractivity contribution is 7.99. The maximum absolute atomic E-state index is 11.0. The summed E-state index contributed by atoms with van der Waals surface area (Å²) in [5, 5.41) is 11.0. The quantitative estimate of drug-likeness (QED) is 0.509. The van der Waals surface area contributed by atoms with Gasteiger partial charge in [-0.1, -0.05) is 63.8 Å². The van der Waals surface area contributed by atoms with Gasteiger partial charge in [0.15, 0.2) is 0 Å². The van der Waals surface area contributed by atoms with E-state index in [1.54, 1.807) is 0 Å². The van der Waals surface area contributed by atoms with Crippen molar-refractivity contribution in [3.8, 4) is 0 Å². The van der Waals surface area contributed by atoms with Crippen LogP contribution < -0.4 is 0 Å². The minimum Gasteiger partial charge on any atom is -0.388 e. The number of hydrogen-bond acceptors (Lipinski definition) is 2. The molecule has 0 saturated heterocycles. The average Bonchev–Trinajstić information content (AvgIpc) is 2.58. The summed E-state index contributed by atoms with van der Waals surface area (Å²) in [6.07, 6.45) is 12.1. The number of aliphatic hydroxyl groups excluding tert-OH is 1. The van der Waals surface area contributed by atoms with E-state index in [1.165, 1.54) is 49.0 Å². The third kappa shape index (κ3) is 6.35. The van der Waals surface area contributed by atoms with Crippen LogP contribution in [0.2, 0.25) is 0 Å². The van der Waals surface area contributed by atoms with Crippen LogP contribution in [0.15, 0.2) is 46.9 Å². The predicted octanol–water partition coefficient (Wildman–Crippen LogP) is 6.23. The van der Waals surface area contributed by atoms with Crippen molar-refractivity contribution in [3.63, 3.8) is 0 Å². The molecule has 128 valence electrons. The molecule has 1 aliphatic carbocycles. The number of thioether (sulfide) groups is 1. The van der Waals surface area contributed by atoms with Gasteiger partial charge < -0.3 is 5.11 Å². The Morgan fingerprint density at radius 1 is 1.00 bits per heavy atom. The Morgan fingerprint density at radius 3 is 2.39 bits per heavy atom. The Balaban J connectivity index is 1.96. The second-order valence-corrected chi connectivity index (χ2v) is 8.48. The summed E-state index contributed by atoms with van der Waals surface area (Å²) >= 11 is 1.85. The lowest BCUT2D eigenvalue weighted by Gasteiger charge is -2.32. The fourth-order valence-electron chi connectivity index (χ4n) is 3.19. The first-order valence-electron chi connectivity index (χ1n) is 9.14. The summed E-state index contributed by atoms with van der Waals surface area (Å²) in [5.41, 5.74) is 1.18. The van der Waals surface area contributed by atoms with Gasteiger partial charge in [0, 0.05) is 16.1 Å². The van der Waals surface area contributed by atoms with Gasteiger partial charge in [0.1, 0.15) is 0 Å². The molecule has 1 aliphatic rings. The highest BCUT2D eigenvalue weighted by atomic mass is 32.2. The number of rotatable bonds is 5. The Morgan fingerprint density at radius 2 is 1.65 bits per heavy atom. The lowest BCUT2D eigenvalue weighted by atomic mass is 9.81. The fraction of sp³-hybridized carbons (Fsp3) is 0.619. The van der Waals surface area contributed by atoms with Gasteiger partial charge in [-0.2, -0.15) is 0 Å². The molecule has 1 aromatic carbocycles. The van der Waals surface area contributed by atoms with Crippen LogP contribution in [0.3, 0.4) is 0 Å². The van der Waals surface area contributed by atoms with Gasteiger partial charge in [-0.15, -0.1) is 11.8 Å². The van der Waals surface area contributed by atoms with Crippen molar-refractivity contribution in [2.24, 2.45) is 5.41 Å². The van der Waals surface area contributed by atoms with E-state index in [9.17, 15) is 5.11 Å². The fourth-order valence-corrected chi connectivity index (χ4v) is 4.23. The molecule has 2 rings (SSSR count). The topological polar surface area (TPSA) is 20.2 Å². The van der Waals surface area contributed by atoms with Crippen LogP contribution in [-0.4, -0.2) is 17.0 Å². The molecule has 1 nitrogen and oxygen atoms in total. The molecule has 1 atom stereocenters. The van der Waals surface area contributed by atoms with Crippen LogP contribution in [0.25, 0.3) is 0 Å². The molecule has 0 saturated carbocycles. The summed E-state index contributed by atoms with van der Waals surface area (Å²) in [4.78, 5) is 1.28. The lowest BCUT2D eigenvalue weighted by Crippen LogP contribution is -2.33. The second kappa shape index (κ2) is 9.54. The van der Waals surface area contributed by atoms with Gasteiger partial charge in [0.25, 0.3) is 0 Å². The third-order valence-electron chi connectivity index (χ3n) is 4.77. The Kier molecular flexibility index (Phi) is 7.72. The van der Waals surface area contributed by atoms with Crippen molar-refractivity contribution in [2.45, 2.75) is 76.2 Å². The van der Waals surface area contributed by atoms with E-state index in [1.807, 2.05) is 11.8 Å². The highest BCUT2D eigenvalue weighted by Crippen LogP contribution is 2.35. The second-order valence-electron chi connectivity index (χ2n) is 7.43. The molecule has 0 aromatic heterocycles. The molecular weight excluding hydrogens is 300 g/mol. The van der Waals surface area contributed by atoms with Crippen molar-refractivity contribution in [2.75, 3.05) is 5.75 Å². The van der Waals surface area contributed by atoms with Crippen LogP contribution in [0.4, 0.5) is 0 Å². The van der Waals surface area contributed by atoms with E-state index in [0.29, 0.717) is 0 Å². The van der Waals surface area contributed by atoms with Crippen molar-refractivity contribution < 1.29 is 5.11 Å². The maximum Gasteiger partial charge on any atom is 0.0809 e. The zero-order valence-corrected chi connectivity index (χ0v) is 15.6. The molecule has 0 fully saturated rings. The molecule has 0 aliphatic heterocycles. The standard InChI is InChI=1S/C21H32OS/c1-21(2,17-23-19-15-11-8-12-16-19)20(22)18-13-9-6-4-3-5-7-10-14-18/h8,11-13,15-16,20,22H,3-7,9-10,14,17H2,1-2H3/b18-13+. The molecule has 0 spiro atoms. The normalized spacial score (nSPS) is 21.3. The van der Waals surface area contributed by atoms with Gasteiger partial charge in [-0.25, -0.2) is 0 Å². The minimum atomic E-state index is -0.321. The molecule has 0 radical (unpaired) electrons. The molecule has 0 amide bonds. The van der Waals surface area contributed by atoms with Crippen molar-refractivity contribution in [1.82, 2.24) is 0 Å². The summed E-state index contributed by atoms with van der Waals surface area (Å²) < 4.78 is 0. The van der Waals surface area contributed by atoms with E-state index < -0.39 is 0 Å². The predicted molar refractivity (Wildman–Crippen MR) is 102 cm³/mol. The Hall–Kier alpha value is -0.730. The summed E-state index contributed by atoms with van der Waals surface area (Å²) in [5.74, 6) is 0.940. The van der Waals surface area contributed by atoms with E-state index in [4.69, 9.17) is 0 Å². The number of allylic oxidation sites excluding steroid dienone is 1. The zero-order valence-electron chi connectivity index (χ0n) is 14.8. The lowest BCUT2D eigenvalue weighted by molar-refractivity contribution is 0.0944. The Labute approximate surface area is 146 Å². The first-order valence-corrected chi connectivity index (χ1v) is 10.1. The summed E-state index contributed by atoms with van der Waals surface area (Å²) in [6.45, 7) is 4.40. The van der Waals surface area contributed by atoms with Gasteiger partial charge in [-0.05, 0) is 43.4 Å². The monoisotopic (exact) mass is 332 g/mol. The number of hydrogen-bond donors (Lipinski definition) is 1. The first kappa shape index (κ1) is 18.6. The maximum atomic E-state index is 11.0. The van der Waals surface area contributed by atoms with Crippen molar-refractivity contribution in [3.05, 3.63) is 42.0 Å². The summed E-state index contributed by atoms with van der Waals surface area (Å²) in [6, 6.07) is 10.5. The molecule has 0 bridgehead atoms. The van der Waals surface area contributed by atoms with Gasteiger partial charge >= 0.3 is 0 Å². The van der Waals surface area contributed by atoms with Crippen LogP contribution in [0, 0.1) is 5.41 Å². The third-order valence-corrected chi connectivity index (χ3v) is 6.27. The highest BCUT2D eigenvalue weighted by Gasteiger charge is 2.30. The van der Waals surface area contributed by atoms with Crippen LogP contribution >= 0.6 is 11.8 Å². The van der Waals surface area contributed by atoms with Gasteiger partial charge in [-0.3, -0.25) is 0 Å².